The Balaban J connectivity index is 2.15. The SMILES string of the molecule is O=C(O)C(NSc1ccccc1[N+](=O)[O-])c1ccsc1. The highest BCUT2D eigenvalue weighted by atomic mass is 32.2. The number of nitro benzene ring substituents is 1. The second kappa shape index (κ2) is 6.51. The number of carboxylic acid groups (broad SMARTS) is 1. The van der Waals surface area contributed by atoms with Crippen molar-refractivity contribution in [2.24, 2.45) is 0 Å². The van der Waals surface area contributed by atoms with Crippen LogP contribution in [-0.4, -0.2) is 16.0 Å². The van der Waals surface area contributed by atoms with Crippen LogP contribution in [0.15, 0.2) is 46.0 Å². The minimum atomic E-state index is -1.03. The third kappa shape index (κ3) is 3.35. The van der Waals surface area contributed by atoms with Gasteiger partial charge in [-0.05, 0) is 40.4 Å². The molecule has 1 heterocycles. The van der Waals surface area contributed by atoms with Gasteiger partial charge in [-0.3, -0.25) is 14.9 Å². The molecule has 104 valence electrons. The first kappa shape index (κ1) is 14.5. The Hall–Kier alpha value is -1.90. The van der Waals surface area contributed by atoms with Crippen LogP contribution in [0.2, 0.25) is 0 Å². The van der Waals surface area contributed by atoms with Gasteiger partial charge < -0.3 is 5.11 Å². The molecule has 20 heavy (non-hydrogen) atoms. The van der Waals surface area contributed by atoms with Gasteiger partial charge in [0.25, 0.3) is 5.69 Å². The molecule has 1 aromatic heterocycles. The monoisotopic (exact) mass is 310 g/mol. The van der Waals surface area contributed by atoms with Gasteiger partial charge in [-0.2, -0.15) is 11.3 Å². The van der Waals surface area contributed by atoms with E-state index in [1.165, 1.54) is 17.4 Å². The average molecular weight is 310 g/mol. The molecule has 1 aromatic carbocycles. The molecule has 1 unspecified atom stereocenters. The van der Waals surface area contributed by atoms with E-state index in [2.05, 4.69) is 4.72 Å². The Bertz CT molecular complexity index is 616. The summed E-state index contributed by atoms with van der Waals surface area (Å²) < 4.78 is 2.75. The first-order valence-electron chi connectivity index (χ1n) is 5.50. The highest BCUT2D eigenvalue weighted by molar-refractivity contribution is 7.97. The van der Waals surface area contributed by atoms with Crippen LogP contribution in [0.25, 0.3) is 0 Å². The first-order chi connectivity index (χ1) is 9.59. The van der Waals surface area contributed by atoms with Crippen molar-refractivity contribution in [1.29, 1.82) is 0 Å². The Morgan fingerprint density at radius 1 is 1.40 bits per heavy atom. The summed E-state index contributed by atoms with van der Waals surface area (Å²) in [6, 6.07) is 6.97. The molecule has 8 heteroatoms. The second-order valence-electron chi connectivity index (χ2n) is 3.77. The molecule has 0 amide bonds. The lowest BCUT2D eigenvalue weighted by Gasteiger charge is -2.12. The van der Waals surface area contributed by atoms with Crippen LogP contribution in [0.3, 0.4) is 0 Å². The molecular weight excluding hydrogens is 300 g/mol. The van der Waals surface area contributed by atoms with Crippen molar-refractivity contribution < 1.29 is 14.8 Å². The van der Waals surface area contributed by atoms with Crippen molar-refractivity contribution in [1.82, 2.24) is 4.72 Å². The van der Waals surface area contributed by atoms with E-state index in [1.54, 1.807) is 35.0 Å². The Labute approximate surface area is 122 Å². The number of carboxylic acids is 1. The summed E-state index contributed by atoms with van der Waals surface area (Å²) >= 11 is 2.34. The summed E-state index contributed by atoms with van der Waals surface area (Å²) in [4.78, 5) is 22.0. The standard InChI is InChI=1S/C12H10N2O4S2/c15-12(16)11(8-5-6-19-7-8)13-20-10-4-2-1-3-9(10)14(17)18/h1-7,11,13H,(H,15,16). The largest absolute Gasteiger partial charge is 0.480 e. The maximum Gasteiger partial charge on any atom is 0.326 e. The third-order valence-electron chi connectivity index (χ3n) is 2.47. The molecule has 0 aliphatic rings. The fraction of sp³-hybridized carbons (Fsp3) is 0.0833. The van der Waals surface area contributed by atoms with Gasteiger partial charge in [0, 0.05) is 6.07 Å². The quantitative estimate of drug-likeness (QED) is 0.484. The molecule has 6 nitrogen and oxygen atoms in total. The number of nitrogens with zero attached hydrogens (tertiary/aromatic N) is 1. The van der Waals surface area contributed by atoms with Gasteiger partial charge in [0.1, 0.15) is 10.9 Å². The number of nitrogens with one attached hydrogen (secondary N) is 1. The van der Waals surface area contributed by atoms with Gasteiger partial charge in [-0.15, -0.1) is 0 Å². The molecular formula is C12H10N2O4S2. The number of thiophene rings is 1. The summed E-state index contributed by atoms with van der Waals surface area (Å²) in [5.41, 5.74) is 0.563. The number of carbonyl (C=O) groups is 1. The molecule has 2 rings (SSSR count). The third-order valence-corrected chi connectivity index (χ3v) is 4.09. The number of hydrogen-bond acceptors (Lipinski definition) is 6. The van der Waals surface area contributed by atoms with Crippen LogP contribution in [0, 0.1) is 10.1 Å². The summed E-state index contributed by atoms with van der Waals surface area (Å²) in [5.74, 6) is -1.03. The maximum absolute atomic E-state index is 11.2. The van der Waals surface area contributed by atoms with Crippen molar-refractivity contribution in [2.75, 3.05) is 0 Å². The van der Waals surface area contributed by atoms with E-state index < -0.39 is 16.9 Å². The lowest BCUT2D eigenvalue weighted by molar-refractivity contribution is -0.387. The number of nitro groups is 1. The number of para-hydroxylation sites is 1. The van der Waals surface area contributed by atoms with Gasteiger partial charge >= 0.3 is 5.97 Å². The molecule has 0 aliphatic heterocycles. The zero-order chi connectivity index (χ0) is 14.5. The Morgan fingerprint density at radius 2 is 2.15 bits per heavy atom. The van der Waals surface area contributed by atoms with Crippen LogP contribution in [0.4, 0.5) is 5.69 Å². The summed E-state index contributed by atoms with van der Waals surface area (Å²) in [6.45, 7) is 0. The molecule has 1 atom stereocenters. The fourth-order valence-electron chi connectivity index (χ4n) is 1.52. The number of aliphatic carboxylic acids is 1. The van der Waals surface area contributed by atoms with Crippen molar-refractivity contribution in [3.63, 3.8) is 0 Å². The van der Waals surface area contributed by atoms with Gasteiger partial charge in [-0.1, -0.05) is 12.1 Å². The lowest BCUT2D eigenvalue weighted by atomic mass is 10.2. The normalized spacial score (nSPS) is 12.0. The molecule has 0 spiro atoms. The topological polar surface area (TPSA) is 92.5 Å². The summed E-state index contributed by atoms with van der Waals surface area (Å²) in [7, 11) is 0. The van der Waals surface area contributed by atoms with Gasteiger partial charge in [0.2, 0.25) is 0 Å². The van der Waals surface area contributed by atoms with Gasteiger partial charge in [0.05, 0.1) is 4.92 Å². The molecule has 0 saturated heterocycles. The van der Waals surface area contributed by atoms with E-state index in [0.717, 1.165) is 11.9 Å². The van der Waals surface area contributed by atoms with Gasteiger partial charge in [0.15, 0.2) is 0 Å². The predicted molar refractivity (Wildman–Crippen MR) is 76.8 cm³/mol. The van der Waals surface area contributed by atoms with Crippen molar-refractivity contribution in [3.05, 3.63) is 56.8 Å². The number of hydrogen-bond donors (Lipinski definition) is 2. The summed E-state index contributed by atoms with van der Waals surface area (Å²) in [6.07, 6.45) is 0. The minimum absolute atomic E-state index is 0.0561. The van der Waals surface area contributed by atoms with E-state index in [-0.39, 0.29) is 5.69 Å². The first-order valence-corrected chi connectivity index (χ1v) is 7.26. The minimum Gasteiger partial charge on any atom is -0.480 e. The Kier molecular flexibility index (Phi) is 4.72. The molecule has 0 fully saturated rings. The van der Waals surface area contributed by atoms with Crippen LogP contribution < -0.4 is 4.72 Å². The number of rotatable bonds is 6. The lowest BCUT2D eigenvalue weighted by Crippen LogP contribution is -2.22. The van der Waals surface area contributed by atoms with Crippen molar-refractivity contribution in [2.45, 2.75) is 10.9 Å². The Morgan fingerprint density at radius 3 is 2.75 bits per heavy atom. The zero-order valence-corrected chi connectivity index (χ0v) is 11.7. The fourth-order valence-corrected chi connectivity index (χ4v) is 3.08. The van der Waals surface area contributed by atoms with Crippen LogP contribution in [-0.2, 0) is 4.79 Å². The average Bonchev–Trinajstić information content (AvgIpc) is 2.92. The highest BCUT2D eigenvalue weighted by Crippen LogP contribution is 2.29. The van der Waals surface area contributed by atoms with E-state index in [0.29, 0.717) is 10.5 Å². The molecule has 0 radical (unpaired) electrons. The molecule has 0 aliphatic carbocycles. The molecule has 0 saturated carbocycles. The van der Waals surface area contributed by atoms with E-state index in [9.17, 15) is 20.0 Å². The van der Waals surface area contributed by atoms with Crippen molar-refractivity contribution >= 4 is 34.9 Å². The highest BCUT2D eigenvalue weighted by Gasteiger charge is 2.22. The van der Waals surface area contributed by atoms with E-state index >= 15 is 0 Å². The summed E-state index contributed by atoms with van der Waals surface area (Å²) in [5, 5.41) is 23.6. The maximum atomic E-state index is 11.2. The van der Waals surface area contributed by atoms with Crippen molar-refractivity contribution in [3.8, 4) is 0 Å². The van der Waals surface area contributed by atoms with E-state index in [4.69, 9.17) is 0 Å². The molecule has 2 aromatic rings. The van der Waals surface area contributed by atoms with Crippen LogP contribution >= 0.6 is 23.3 Å². The second-order valence-corrected chi connectivity index (χ2v) is 5.43. The van der Waals surface area contributed by atoms with Gasteiger partial charge in [-0.25, -0.2) is 4.72 Å². The molecule has 2 N–H and O–H groups in total. The number of benzene rings is 1. The zero-order valence-electron chi connectivity index (χ0n) is 10.1. The van der Waals surface area contributed by atoms with Crippen LogP contribution in [0.5, 0.6) is 0 Å². The van der Waals surface area contributed by atoms with E-state index in [1.807, 2.05) is 0 Å². The van der Waals surface area contributed by atoms with Crippen LogP contribution in [0.1, 0.15) is 11.6 Å². The smallest absolute Gasteiger partial charge is 0.326 e. The predicted octanol–water partition coefficient (Wildman–Crippen LogP) is 3.08. The molecule has 0 bridgehead atoms.